The van der Waals surface area contributed by atoms with E-state index in [2.05, 4.69) is 35.8 Å². The zero-order chi connectivity index (χ0) is 16.7. The van der Waals surface area contributed by atoms with E-state index >= 15 is 0 Å². The standard InChI is InChI=1S/C18H29N3O2/c1-3-19(4-2)15-16-5-7-17(8-6-16)18(23)21-11-9-20(10-12-21)13-14-22/h5-8,22H,3-4,9-15H2,1-2H3. The maximum Gasteiger partial charge on any atom is 0.253 e. The van der Waals surface area contributed by atoms with Gasteiger partial charge in [0.1, 0.15) is 0 Å². The molecule has 0 spiro atoms. The highest BCUT2D eigenvalue weighted by Gasteiger charge is 2.21. The molecular formula is C18H29N3O2. The number of aliphatic hydroxyl groups is 1. The van der Waals surface area contributed by atoms with Crippen LogP contribution in [0.25, 0.3) is 0 Å². The van der Waals surface area contributed by atoms with Crippen LogP contribution in [-0.2, 0) is 6.54 Å². The zero-order valence-electron chi connectivity index (χ0n) is 14.4. The van der Waals surface area contributed by atoms with Crippen molar-refractivity contribution < 1.29 is 9.90 Å². The summed E-state index contributed by atoms with van der Waals surface area (Å²) in [4.78, 5) is 19.0. The van der Waals surface area contributed by atoms with E-state index in [1.807, 2.05) is 17.0 Å². The summed E-state index contributed by atoms with van der Waals surface area (Å²) in [6.45, 7) is 11.4. The molecule has 1 amide bonds. The van der Waals surface area contributed by atoms with Crippen LogP contribution in [-0.4, -0.2) is 78.1 Å². The Kier molecular flexibility index (Phi) is 7.02. The Bertz CT molecular complexity index is 478. The molecule has 1 N–H and O–H groups in total. The van der Waals surface area contributed by atoms with Crippen molar-refractivity contribution in [2.75, 3.05) is 52.4 Å². The molecule has 2 rings (SSSR count). The van der Waals surface area contributed by atoms with E-state index in [-0.39, 0.29) is 12.5 Å². The van der Waals surface area contributed by atoms with Crippen molar-refractivity contribution in [2.45, 2.75) is 20.4 Å². The van der Waals surface area contributed by atoms with Gasteiger partial charge in [-0.1, -0.05) is 26.0 Å². The Balaban J connectivity index is 1.90. The average molecular weight is 319 g/mol. The average Bonchev–Trinajstić information content (AvgIpc) is 2.60. The van der Waals surface area contributed by atoms with Crippen molar-refractivity contribution in [3.8, 4) is 0 Å². The van der Waals surface area contributed by atoms with Crippen LogP contribution in [0.1, 0.15) is 29.8 Å². The van der Waals surface area contributed by atoms with Crippen LogP contribution in [0.3, 0.4) is 0 Å². The molecule has 1 fully saturated rings. The molecule has 1 aromatic carbocycles. The smallest absolute Gasteiger partial charge is 0.253 e. The Labute approximate surface area is 139 Å². The van der Waals surface area contributed by atoms with Crippen LogP contribution >= 0.6 is 0 Å². The highest BCUT2D eigenvalue weighted by molar-refractivity contribution is 5.94. The number of hydrogen-bond donors (Lipinski definition) is 1. The van der Waals surface area contributed by atoms with Gasteiger partial charge in [0.25, 0.3) is 5.91 Å². The number of piperazine rings is 1. The first kappa shape index (κ1) is 17.9. The van der Waals surface area contributed by atoms with Crippen LogP contribution in [0, 0.1) is 0 Å². The van der Waals surface area contributed by atoms with E-state index < -0.39 is 0 Å². The third-order valence-electron chi connectivity index (χ3n) is 4.58. The summed E-state index contributed by atoms with van der Waals surface area (Å²) in [5.74, 6) is 0.114. The van der Waals surface area contributed by atoms with E-state index in [0.29, 0.717) is 6.54 Å². The van der Waals surface area contributed by atoms with Gasteiger partial charge < -0.3 is 10.0 Å². The van der Waals surface area contributed by atoms with Crippen molar-refractivity contribution in [2.24, 2.45) is 0 Å². The Morgan fingerprint density at radius 1 is 1.09 bits per heavy atom. The van der Waals surface area contributed by atoms with Gasteiger partial charge in [0.15, 0.2) is 0 Å². The molecule has 128 valence electrons. The summed E-state index contributed by atoms with van der Waals surface area (Å²) >= 11 is 0. The molecule has 1 aliphatic heterocycles. The van der Waals surface area contributed by atoms with Gasteiger partial charge >= 0.3 is 0 Å². The third-order valence-corrected chi connectivity index (χ3v) is 4.58. The summed E-state index contributed by atoms with van der Waals surface area (Å²) in [6, 6.07) is 8.02. The number of amides is 1. The largest absolute Gasteiger partial charge is 0.395 e. The normalized spacial score (nSPS) is 16.1. The van der Waals surface area contributed by atoms with Gasteiger partial charge in [0, 0.05) is 44.8 Å². The van der Waals surface area contributed by atoms with Gasteiger partial charge in [-0.05, 0) is 30.8 Å². The quantitative estimate of drug-likeness (QED) is 0.822. The molecule has 0 aliphatic carbocycles. The maximum atomic E-state index is 12.6. The minimum absolute atomic E-state index is 0.114. The second-order valence-corrected chi connectivity index (χ2v) is 6.02. The van der Waals surface area contributed by atoms with Gasteiger partial charge in [-0.2, -0.15) is 0 Å². The number of β-amino-alcohol motifs (C(OH)–C–C–N with tert-alkyl or cyclic N) is 1. The lowest BCUT2D eigenvalue weighted by molar-refractivity contribution is 0.0615. The summed E-state index contributed by atoms with van der Waals surface area (Å²) < 4.78 is 0. The monoisotopic (exact) mass is 319 g/mol. The Morgan fingerprint density at radius 2 is 1.70 bits per heavy atom. The van der Waals surface area contributed by atoms with Crippen molar-refractivity contribution >= 4 is 5.91 Å². The molecule has 0 radical (unpaired) electrons. The molecular weight excluding hydrogens is 290 g/mol. The minimum Gasteiger partial charge on any atom is -0.395 e. The number of aliphatic hydroxyl groups excluding tert-OH is 1. The van der Waals surface area contributed by atoms with Gasteiger partial charge in [-0.25, -0.2) is 0 Å². The molecule has 0 saturated carbocycles. The van der Waals surface area contributed by atoms with E-state index in [1.165, 1.54) is 5.56 Å². The lowest BCUT2D eigenvalue weighted by atomic mass is 10.1. The summed E-state index contributed by atoms with van der Waals surface area (Å²) in [5, 5.41) is 8.97. The molecule has 1 aromatic rings. The molecule has 1 saturated heterocycles. The Morgan fingerprint density at radius 3 is 2.22 bits per heavy atom. The predicted octanol–water partition coefficient (Wildman–Crippen LogP) is 1.28. The number of carbonyl (C=O) groups is 1. The van der Waals surface area contributed by atoms with Gasteiger partial charge in [0.05, 0.1) is 6.61 Å². The molecule has 1 heterocycles. The van der Waals surface area contributed by atoms with Crippen LogP contribution < -0.4 is 0 Å². The van der Waals surface area contributed by atoms with Crippen molar-refractivity contribution in [3.05, 3.63) is 35.4 Å². The van der Waals surface area contributed by atoms with E-state index in [4.69, 9.17) is 5.11 Å². The van der Waals surface area contributed by atoms with Crippen LogP contribution in [0.15, 0.2) is 24.3 Å². The third kappa shape index (κ3) is 5.03. The zero-order valence-corrected chi connectivity index (χ0v) is 14.4. The number of hydrogen-bond acceptors (Lipinski definition) is 4. The minimum atomic E-state index is 0.114. The van der Waals surface area contributed by atoms with Gasteiger partial charge in [-0.3, -0.25) is 14.6 Å². The summed E-state index contributed by atoms with van der Waals surface area (Å²) in [7, 11) is 0. The van der Waals surface area contributed by atoms with E-state index in [1.54, 1.807) is 0 Å². The van der Waals surface area contributed by atoms with Crippen molar-refractivity contribution in [3.63, 3.8) is 0 Å². The fourth-order valence-corrected chi connectivity index (χ4v) is 2.96. The van der Waals surface area contributed by atoms with Gasteiger partial charge in [-0.15, -0.1) is 0 Å². The van der Waals surface area contributed by atoms with Crippen LogP contribution in [0.2, 0.25) is 0 Å². The maximum absolute atomic E-state index is 12.6. The lowest BCUT2D eigenvalue weighted by Gasteiger charge is -2.34. The first-order valence-electron chi connectivity index (χ1n) is 8.61. The number of carbonyl (C=O) groups excluding carboxylic acids is 1. The molecule has 5 nitrogen and oxygen atoms in total. The lowest BCUT2D eigenvalue weighted by Crippen LogP contribution is -2.49. The molecule has 5 heteroatoms. The number of nitrogens with zero attached hydrogens (tertiary/aromatic N) is 3. The van der Waals surface area contributed by atoms with Crippen molar-refractivity contribution in [1.29, 1.82) is 0 Å². The van der Waals surface area contributed by atoms with Crippen molar-refractivity contribution in [1.82, 2.24) is 14.7 Å². The SMILES string of the molecule is CCN(CC)Cc1ccc(C(=O)N2CCN(CCO)CC2)cc1. The molecule has 0 aromatic heterocycles. The highest BCUT2D eigenvalue weighted by Crippen LogP contribution is 2.12. The predicted molar refractivity (Wildman–Crippen MR) is 92.5 cm³/mol. The fraction of sp³-hybridized carbons (Fsp3) is 0.611. The number of benzene rings is 1. The molecule has 0 unspecified atom stereocenters. The summed E-state index contributed by atoms with van der Waals surface area (Å²) in [5.41, 5.74) is 2.02. The molecule has 0 atom stereocenters. The van der Waals surface area contributed by atoms with E-state index in [0.717, 1.165) is 51.4 Å². The van der Waals surface area contributed by atoms with Crippen LogP contribution in [0.4, 0.5) is 0 Å². The van der Waals surface area contributed by atoms with Gasteiger partial charge in [0.2, 0.25) is 0 Å². The topological polar surface area (TPSA) is 47.0 Å². The second-order valence-electron chi connectivity index (χ2n) is 6.02. The Hall–Kier alpha value is -1.43. The van der Waals surface area contributed by atoms with Crippen LogP contribution in [0.5, 0.6) is 0 Å². The van der Waals surface area contributed by atoms with E-state index in [9.17, 15) is 4.79 Å². The number of rotatable bonds is 7. The molecule has 1 aliphatic rings. The first-order chi connectivity index (χ1) is 11.2. The summed E-state index contributed by atoms with van der Waals surface area (Å²) in [6.07, 6.45) is 0. The second kappa shape index (κ2) is 9.01. The molecule has 0 bridgehead atoms. The molecule has 23 heavy (non-hydrogen) atoms. The highest BCUT2D eigenvalue weighted by atomic mass is 16.3. The first-order valence-corrected chi connectivity index (χ1v) is 8.61. The fourth-order valence-electron chi connectivity index (χ4n) is 2.96.